The number of rotatable bonds is 4. The van der Waals surface area contributed by atoms with E-state index in [1.54, 1.807) is 0 Å². The van der Waals surface area contributed by atoms with Gasteiger partial charge in [0.15, 0.2) is 0 Å². The first-order chi connectivity index (χ1) is 7.28. The van der Waals surface area contributed by atoms with Gasteiger partial charge in [0, 0.05) is 23.1 Å². The average Bonchev–Trinajstić information content (AvgIpc) is 2.06. The summed E-state index contributed by atoms with van der Waals surface area (Å²) >= 11 is 3.48. The van der Waals surface area contributed by atoms with E-state index in [0.29, 0.717) is 0 Å². The Balaban J connectivity index is 2.66. The topological polar surface area (TPSA) is 29.3 Å². The van der Waals surface area contributed by atoms with Gasteiger partial charge in [-0.1, -0.05) is 22.0 Å². The third-order valence-corrected chi connectivity index (χ3v) is 2.92. The van der Waals surface area contributed by atoms with Crippen LogP contribution in [0.2, 0.25) is 0 Å². The van der Waals surface area contributed by atoms with Crippen LogP contribution in [0.25, 0.3) is 0 Å². The van der Waals surface area contributed by atoms with Crippen LogP contribution in [0.4, 0.5) is 0 Å². The molecule has 0 aliphatic carbocycles. The molecule has 0 heterocycles. The Labute approximate surface area is 107 Å². The minimum Gasteiger partial charge on any atom is -0.324 e. The number of hydrogen-bond acceptors (Lipinski definition) is 2. The molecule has 16 heavy (non-hydrogen) atoms. The summed E-state index contributed by atoms with van der Waals surface area (Å²) in [7, 11) is 2.11. The fourth-order valence-electron chi connectivity index (χ4n) is 1.88. The van der Waals surface area contributed by atoms with Crippen molar-refractivity contribution in [3.63, 3.8) is 0 Å². The first-order valence-corrected chi connectivity index (χ1v) is 6.30. The number of likely N-dealkylation sites (N-methyl/N-ethyl adjacent to an activating group) is 1. The number of halogens is 1. The predicted octanol–water partition coefficient (Wildman–Crippen LogP) is 2.93. The van der Waals surface area contributed by atoms with Crippen molar-refractivity contribution in [2.45, 2.75) is 32.9 Å². The SMILES string of the molecule is Cc1cc(Br)ccc1CN(C)CC(C)(C)N. The summed E-state index contributed by atoms with van der Waals surface area (Å²) in [6, 6.07) is 6.40. The van der Waals surface area contributed by atoms with E-state index < -0.39 is 0 Å². The highest BCUT2D eigenvalue weighted by Gasteiger charge is 2.14. The predicted molar refractivity (Wildman–Crippen MR) is 73.5 cm³/mol. The Morgan fingerprint density at radius 2 is 2.00 bits per heavy atom. The number of nitrogens with zero attached hydrogens (tertiary/aromatic N) is 1. The van der Waals surface area contributed by atoms with Gasteiger partial charge < -0.3 is 10.6 Å². The van der Waals surface area contributed by atoms with E-state index in [1.807, 2.05) is 0 Å². The average molecular weight is 285 g/mol. The molecule has 0 amide bonds. The van der Waals surface area contributed by atoms with Crippen LogP contribution in [0.3, 0.4) is 0 Å². The van der Waals surface area contributed by atoms with Gasteiger partial charge in [0.2, 0.25) is 0 Å². The van der Waals surface area contributed by atoms with Gasteiger partial charge in [-0.3, -0.25) is 0 Å². The lowest BCUT2D eigenvalue weighted by atomic mass is 10.1. The van der Waals surface area contributed by atoms with Crippen LogP contribution >= 0.6 is 15.9 Å². The van der Waals surface area contributed by atoms with Gasteiger partial charge in [0.25, 0.3) is 0 Å². The number of nitrogens with two attached hydrogens (primary N) is 1. The lowest BCUT2D eigenvalue weighted by molar-refractivity contribution is 0.263. The molecule has 1 aromatic rings. The highest BCUT2D eigenvalue weighted by molar-refractivity contribution is 9.10. The van der Waals surface area contributed by atoms with Crippen LogP contribution in [0.5, 0.6) is 0 Å². The molecule has 1 aromatic carbocycles. The quantitative estimate of drug-likeness (QED) is 0.921. The monoisotopic (exact) mass is 284 g/mol. The van der Waals surface area contributed by atoms with Gasteiger partial charge in [0.1, 0.15) is 0 Å². The summed E-state index contributed by atoms with van der Waals surface area (Å²) in [5.74, 6) is 0. The summed E-state index contributed by atoms with van der Waals surface area (Å²) in [6.07, 6.45) is 0. The summed E-state index contributed by atoms with van der Waals surface area (Å²) < 4.78 is 1.13. The largest absolute Gasteiger partial charge is 0.324 e. The summed E-state index contributed by atoms with van der Waals surface area (Å²) in [5, 5.41) is 0. The van der Waals surface area contributed by atoms with E-state index >= 15 is 0 Å². The Kier molecular flexibility index (Phi) is 4.53. The van der Waals surface area contributed by atoms with E-state index in [0.717, 1.165) is 17.6 Å². The zero-order valence-corrected chi connectivity index (χ0v) is 12.1. The minimum absolute atomic E-state index is 0.141. The van der Waals surface area contributed by atoms with Crippen molar-refractivity contribution in [3.05, 3.63) is 33.8 Å². The fourth-order valence-corrected chi connectivity index (χ4v) is 2.35. The van der Waals surface area contributed by atoms with E-state index in [4.69, 9.17) is 5.73 Å². The Morgan fingerprint density at radius 1 is 1.38 bits per heavy atom. The molecular weight excluding hydrogens is 264 g/mol. The lowest BCUT2D eigenvalue weighted by Gasteiger charge is -2.27. The van der Waals surface area contributed by atoms with Crippen LogP contribution in [0.1, 0.15) is 25.0 Å². The maximum atomic E-state index is 6.00. The molecule has 0 bridgehead atoms. The normalized spacial score (nSPS) is 12.2. The Morgan fingerprint density at radius 3 is 2.50 bits per heavy atom. The van der Waals surface area contributed by atoms with E-state index in [9.17, 15) is 0 Å². The molecule has 0 radical (unpaired) electrons. The molecule has 3 heteroatoms. The molecule has 1 rings (SSSR count). The summed E-state index contributed by atoms with van der Waals surface area (Å²) in [4.78, 5) is 2.26. The van der Waals surface area contributed by atoms with Crippen molar-refractivity contribution in [1.82, 2.24) is 4.90 Å². The van der Waals surface area contributed by atoms with Crippen molar-refractivity contribution in [2.24, 2.45) is 5.73 Å². The highest BCUT2D eigenvalue weighted by Crippen LogP contribution is 2.17. The molecule has 0 spiro atoms. The molecule has 2 nitrogen and oxygen atoms in total. The minimum atomic E-state index is -0.141. The zero-order valence-electron chi connectivity index (χ0n) is 10.5. The second-order valence-electron chi connectivity index (χ2n) is 5.23. The smallest absolute Gasteiger partial charge is 0.0234 e. The van der Waals surface area contributed by atoms with Crippen molar-refractivity contribution in [3.8, 4) is 0 Å². The maximum Gasteiger partial charge on any atom is 0.0234 e. The van der Waals surface area contributed by atoms with Gasteiger partial charge in [-0.2, -0.15) is 0 Å². The summed E-state index contributed by atoms with van der Waals surface area (Å²) in [6.45, 7) is 8.08. The highest BCUT2D eigenvalue weighted by atomic mass is 79.9. The van der Waals surface area contributed by atoms with Crippen LogP contribution in [0, 0.1) is 6.92 Å². The maximum absolute atomic E-state index is 6.00. The molecule has 0 aliphatic rings. The zero-order chi connectivity index (χ0) is 12.3. The van der Waals surface area contributed by atoms with Crippen LogP contribution in [-0.2, 0) is 6.54 Å². The third kappa shape index (κ3) is 4.64. The van der Waals surface area contributed by atoms with Gasteiger partial charge in [0.05, 0.1) is 0 Å². The van der Waals surface area contributed by atoms with Crippen LogP contribution in [0.15, 0.2) is 22.7 Å². The number of hydrogen-bond donors (Lipinski definition) is 1. The molecule has 0 saturated carbocycles. The lowest BCUT2D eigenvalue weighted by Crippen LogP contribution is -2.43. The second kappa shape index (κ2) is 5.30. The van der Waals surface area contributed by atoms with E-state index in [1.165, 1.54) is 11.1 Å². The first-order valence-electron chi connectivity index (χ1n) is 5.50. The van der Waals surface area contributed by atoms with Crippen LogP contribution < -0.4 is 5.73 Å². The van der Waals surface area contributed by atoms with Crippen LogP contribution in [-0.4, -0.2) is 24.0 Å². The first kappa shape index (κ1) is 13.7. The second-order valence-corrected chi connectivity index (χ2v) is 6.15. The molecule has 0 saturated heterocycles. The van der Waals surface area contributed by atoms with Gasteiger partial charge in [-0.25, -0.2) is 0 Å². The molecule has 90 valence electrons. The van der Waals surface area contributed by atoms with Crippen molar-refractivity contribution < 1.29 is 0 Å². The summed E-state index contributed by atoms with van der Waals surface area (Å²) in [5.41, 5.74) is 8.53. The molecule has 0 aromatic heterocycles. The molecule has 0 unspecified atom stereocenters. The van der Waals surface area contributed by atoms with Gasteiger partial charge in [-0.15, -0.1) is 0 Å². The third-order valence-electron chi connectivity index (χ3n) is 2.42. The van der Waals surface area contributed by atoms with Gasteiger partial charge >= 0.3 is 0 Å². The molecule has 0 atom stereocenters. The molecule has 0 aliphatic heterocycles. The van der Waals surface area contributed by atoms with E-state index in [-0.39, 0.29) is 5.54 Å². The standard InChI is InChI=1S/C13H21BrN2/c1-10-7-12(14)6-5-11(10)8-16(4)9-13(2,3)15/h5-7H,8-9,15H2,1-4H3. The van der Waals surface area contributed by atoms with E-state index in [2.05, 4.69) is 66.8 Å². The number of aryl methyl sites for hydroxylation is 1. The van der Waals surface area contributed by atoms with Gasteiger partial charge in [-0.05, 0) is 51.1 Å². The Hall–Kier alpha value is -0.380. The van der Waals surface area contributed by atoms with Crippen molar-refractivity contribution >= 4 is 15.9 Å². The van der Waals surface area contributed by atoms with Crippen molar-refractivity contribution in [1.29, 1.82) is 0 Å². The number of benzene rings is 1. The Bertz CT molecular complexity index is 355. The van der Waals surface area contributed by atoms with Crippen molar-refractivity contribution in [2.75, 3.05) is 13.6 Å². The molecular formula is C13H21BrN2. The fraction of sp³-hybridized carbons (Fsp3) is 0.538. The molecule has 0 fully saturated rings. The molecule has 2 N–H and O–H groups in total.